The molecule has 67 valence electrons. The molecule has 2 nitrogen and oxygen atoms in total. The lowest BCUT2D eigenvalue weighted by Gasteiger charge is -2.24. The maximum absolute atomic E-state index is 4.39. The van der Waals surface area contributed by atoms with E-state index in [1.54, 1.807) is 0 Å². The van der Waals surface area contributed by atoms with Gasteiger partial charge in [-0.2, -0.15) is 0 Å². The molecule has 1 radical (unpaired) electrons. The largest absolute Gasteiger partial charge is 0.334 e. The molecule has 1 aromatic heterocycles. The summed E-state index contributed by atoms with van der Waals surface area (Å²) in [6.45, 7) is 11.2. The fourth-order valence-electron chi connectivity index (χ4n) is 1.21. The zero-order chi connectivity index (χ0) is 9.35. The molecule has 1 rings (SSSR count). The van der Waals surface area contributed by atoms with Crippen LogP contribution in [0.5, 0.6) is 0 Å². The minimum atomic E-state index is -0.429. The summed E-state index contributed by atoms with van der Waals surface area (Å²) in [5.41, 5.74) is 1.45. The Balaban J connectivity index is 3.08. The van der Waals surface area contributed by atoms with E-state index in [1.165, 1.54) is 5.45 Å². The molecule has 1 aromatic rings. The first-order chi connectivity index (χ1) is 5.43. The van der Waals surface area contributed by atoms with Gasteiger partial charge in [0.2, 0.25) is 0 Å². The quantitative estimate of drug-likeness (QED) is 0.602. The molecule has 0 spiro atoms. The van der Waals surface area contributed by atoms with Gasteiger partial charge in [-0.1, -0.05) is 13.1 Å². The molecule has 0 N–H and O–H groups in total. The minimum absolute atomic E-state index is 0.174. The second-order valence-corrected chi connectivity index (χ2v) is 6.74. The summed E-state index contributed by atoms with van der Waals surface area (Å²) in [6, 6.07) is 0. The Bertz CT molecular complexity index is 258. The van der Waals surface area contributed by atoms with Gasteiger partial charge in [-0.15, -0.1) is 0 Å². The predicted octanol–water partition coefficient (Wildman–Crippen LogP) is 1.60. The zero-order valence-corrected chi connectivity index (χ0v) is 9.55. The number of hydrogen-bond donors (Lipinski definition) is 0. The van der Waals surface area contributed by atoms with Crippen LogP contribution in [0.4, 0.5) is 0 Å². The molecule has 0 aliphatic rings. The van der Waals surface area contributed by atoms with Gasteiger partial charge < -0.3 is 4.57 Å². The Labute approximate surface area is 76.2 Å². The van der Waals surface area contributed by atoms with Crippen LogP contribution in [0.3, 0.4) is 0 Å². The summed E-state index contributed by atoms with van der Waals surface area (Å²) in [6.07, 6.45) is 3.98. The molecule has 0 aliphatic carbocycles. The molecule has 0 aliphatic heterocycles. The highest BCUT2D eigenvalue weighted by Crippen LogP contribution is 2.11. The molecule has 12 heavy (non-hydrogen) atoms. The molecule has 0 amide bonds. The molecular formula is C9H17N2Si. The van der Waals surface area contributed by atoms with Crippen LogP contribution in [-0.2, 0) is 5.54 Å². The van der Waals surface area contributed by atoms with Crippen LogP contribution in [0.15, 0.2) is 12.4 Å². The first-order valence-electron chi connectivity index (χ1n) is 4.27. The summed E-state index contributed by atoms with van der Waals surface area (Å²) in [5.74, 6) is 0. The van der Waals surface area contributed by atoms with Crippen molar-refractivity contribution < 1.29 is 0 Å². The van der Waals surface area contributed by atoms with Gasteiger partial charge >= 0.3 is 0 Å². The fourth-order valence-corrected chi connectivity index (χ4v) is 2.44. The Kier molecular flexibility index (Phi) is 2.42. The van der Waals surface area contributed by atoms with Crippen LogP contribution in [0.2, 0.25) is 13.1 Å². The number of aromatic nitrogens is 2. The molecule has 0 saturated heterocycles. The van der Waals surface area contributed by atoms with E-state index in [1.807, 2.05) is 6.20 Å². The molecule has 0 saturated carbocycles. The maximum Gasteiger partial charge on any atom is 0.127 e. The topological polar surface area (TPSA) is 17.8 Å². The maximum atomic E-state index is 4.39. The second kappa shape index (κ2) is 3.05. The van der Waals surface area contributed by atoms with Crippen molar-refractivity contribution >= 4 is 14.2 Å². The van der Waals surface area contributed by atoms with Crippen molar-refractivity contribution in [2.75, 3.05) is 0 Å². The molecule has 3 heteroatoms. The summed E-state index contributed by atoms with van der Waals surface area (Å²) >= 11 is 0. The summed E-state index contributed by atoms with van der Waals surface area (Å²) in [5, 5.41) is 0. The SMILES string of the molecule is C[Si](C)c1nccn1C(C)(C)C. The fraction of sp³-hybridized carbons (Fsp3) is 0.667. The molecule has 0 unspecified atom stereocenters. The smallest absolute Gasteiger partial charge is 0.127 e. The van der Waals surface area contributed by atoms with Crippen LogP contribution >= 0.6 is 0 Å². The van der Waals surface area contributed by atoms with E-state index >= 15 is 0 Å². The summed E-state index contributed by atoms with van der Waals surface area (Å²) in [4.78, 5) is 4.39. The first-order valence-corrected chi connectivity index (χ1v) is 6.77. The van der Waals surface area contributed by atoms with Crippen molar-refractivity contribution in [3.63, 3.8) is 0 Å². The van der Waals surface area contributed by atoms with Gasteiger partial charge in [0.25, 0.3) is 0 Å². The van der Waals surface area contributed by atoms with E-state index in [4.69, 9.17) is 0 Å². The van der Waals surface area contributed by atoms with E-state index < -0.39 is 8.80 Å². The van der Waals surface area contributed by atoms with Crippen LogP contribution in [-0.4, -0.2) is 18.3 Å². The summed E-state index contributed by atoms with van der Waals surface area (Å²) < 4.78 is 2.28. The highest BCUT2D eigenvalue weighted by atomic mass is 28.3. The molecule has 0 aromatic carbocycles. The van der Waals surface area contributed by atoms with Gasteiger partial charge in [0.1, 0.15) is 8.80 Å². The van der Waals surface area contributed by atoms with Crippen molar-refractivity contribution in [1.29, 1.82) is 0 Å². The Hall–Kier alpha value is -0.573. The van der Waals surface area contributed by atoms with Crippen LogP contribution in [0.25, 0.3) is 0 Å². The number of imidazole rings is 1. The van der Waals surface area contributed by atoms with Gasteiger partial charge in [0, 0.05) is 17.9 Å². The van der Waals surface area contributed by atoms with Crippen LogP contribution in [0.1, 0.15) is 20.8 Å². The van der Waals surface area contributed by atoms with Crippen molar-refractivity contribution in [2.45, 2.75) is 39.4 Å². The normalized spacial score (nSPS) is 12.5. The van der Waals surface area contributed by atoms with Crippen molar-refractivity contribution in [3.8, 4) is 0 Å². The lowest BCUT2D eigenvalue weighted by atomic mass is 10.1. The van der Waals surface area contributed by atoms with Gasteiger partial charge in [0.05, 0.1) is 5.45 Å². The standard InChI is InChI=1S/C9H17N2Si/c1-9(2,3)11-7-6-10-8(11)12(4)5/h6-7H,1-5H3. The van der Waals surface area contributed by atoms with Crippen molar-refractivity contribution in [2.24, 2.45) is 0 Å². The third-order valence-corrected chi connectivity index (χ3v) is 3.08. The monoisotopic (exact) mass is 181 g/mol. The van der Waals surface area contributed by atoms with Gasteiger partial charge in [-0.25, -0.2) is 4.98 Å². The molecule has 0 atom stereocenters. The second-order valence-electron chi connectivity index (χ2n) is 4.29. The molecular weight excluding hydrogens is 164 g/mol. The van der Waals surface area contributed by atoms with E-state index in [-0.39, 0.29) is 5.54 Å². The summed E-state index contributed by atoms with van der Waals surface area (Å²) in [7, 11) is -0.429. The van der Waals surface area contributed by atoms with Crippen molar-refractivity contribution in [1.82, 2.24) is 9.55 Å². The molecule has 0 fully saturated rings. The Morgan fingerprint density at radius 3 is 2.25 bits per heavy atom. The number of rotatable bonds is 1. The Morgan fingerprint density at radius 1 is 1.33 bits per heavy atom. The highest BCUT2D eigenvalue weighted by Gasteiger charge is 2.18. The lowest BCUT2D eigenvalue weighted by molar-refractivity contribution is 0.405. The zero-order valence-electron chi connectivity index (χ0n) is 8.55. The van der Waals surface area contributed by atoms with Gasteiger partial charge in [-0.3, -0.25) is 0 Å². The first kappa shape index (κ1) is 9.51. The third kappa shape index (κ3) is 1.77. The number of nitrogens with zero attached hydrogens (tertiary/aromatic N) is 2. The van der Waals surface area contributed by atoms with Gasteiger partial charge in [0.15, 0.2) is 0 Å². The highest BCUT2D eigenvalue weighted by molar-refractivity contribution is 6.69. The molecule has 1 heterocycles. The van der Waals surface area contributed by atoms with E-state index in [0.29, 0.717) is 0 Å². The predicted molar refractivity (Wildman–Crippen MR) is 54.3 cm³/mol. The lowest BCUT2D eigenvalue weighted by Crippen LogP contribution is -2.40. The molecule has 0 bridgehead atoms. The third-order valence-electron chi connectivity index (χ3n) is 1.81. The average Bonchev–Trinajstić information content (AvgIpc) is 2.30. The Morgan fingerprint density at radius 2 is 1.92 bits per heavy atom. The number of hydrogen-bond acceptors (Lipinski definition) is 1. The van der Waals surface area contributed by atoms with E-state index in [2.05, 4.69) is 49.6 Å². The van der Waals surface area contributed by atoms with Crippen LogP contribution in [0, 0.1) is 0 Å². The van der Waals surface area contributed by atoms with E-state index in [0.717, 1.165) is 0 Å². The van der Waals surface area contributed by atoms with Gasteiger partial charge in [-0.05, 0) is 20.8 Å². The van der Waals surface area contributed by atoms with Crippen molar-refractivity contribution in [3.05, 3.63) is 12.4 Å². The average molecular weight is 181 g/mol. The van der Waals surface area contributed by atoms with Crippen LogP contribution < -0.4 is 5.45 Å². The van der Waals surface area contributed by atoms with E-state index in [9.17, 15) is 0 Å². The minimum Gasteiger partial charge on any atom is -0.334 e.